The van der Waals surface area contributed by atoms with Crippen LogP contribution in [0.1, 0.15) is 27.3 Å². The number of imidazole rings is 1. The first-order chi connectivity index (χ1) is 18.9. The van der Waals surface area contributed by atoms with Gasteiger partial charge in [0.2, 0.25) is 0 Å². The lowest BCUT2D eigenvalue weighted by atomic mass is 10.1. The normalized spacial score (nSPS) is 11.2. The molecule has 0 unspecified atom stereocenters. The van der Waals surface area contributed by atoms with Crippen molar-refractivity contribution in [2.75, 3.05) is 4.31 Å². The lowest BCUT2D eigenvalue weighted by Crippen LogP contribution is -2.30. The zero-order valence-corrected chi connectivity index (χ0v) is 22.3. The van der Waals surface area contributed by atoms with Gasteiger partial charge in [-0.05, 0) is 66.6 Å². The number of carbonyl (C=O) groups is 1. The minimum atomic E-state index is -3.79. The molecule has 0 radical (unpaired) electrons. The molecule has 8 heteroatoms. The number of anilines is 1. The third-order valence-electron chi connectivity index (χ3n) is 6.41. The molecule has 0 aliphatic heterocycles. The number of carbonyl (C=O) groups excluding carboxylic acids is 1. The number of sulfonamides is 1. The Morgan fingerprint density at radius 3 is 2.05 bits per heavy atom. The Kier molecular flexibility index (Phi) is 7.56. The van der Waals surface area contributed by atoms with E-state index in [9.17, 15) is 13.2 Å². The van der Waals surface area contributed by atoms with E-state index in [1.54, 1.807) is 72.9 Å². The zero-order chi connectivity index (χ0) is 27.2. The van der Waals surface area contributed by atoms with Crippen molar-refractivity contribution in [3.63, 3.8) is 0 Å². The van der Waals surface area contributed by atoms with Crippen molar-refractivity contribution in [1.82, 2.24) is 14.9 Å². The van der Waals surface area contributed by atoms with Crippen LogP contribution >= 0.6 is 0 Å². The molecule has 0 spiro atoms. The highest BCUT2D eigenvalue weighted by molar-refractivity contribution is 7.92. The summed E-state index contributed by atoms with van der Waals surface area (Å²) >= 11 is 0. The number of nitrogens with one attached hydrogen (secondary N) is 1. The third-order valence-corrected chi connectivity index (χ3v) is 8.20. The van der Waals surface area contributed by atoms with Crippen LogP contribution in [0.5, 0.6) is 0 Å². The summed E-state index contributed by atoms with van der Waals surface area (Å²) in [6.07, 6.45) is 3.67. The Morgan fingerprint density at radius 2 is 1.44 bits per heavy atom. The number of hydrogen-bond donors (Lipinski definition) is 1. The molecule has 5 rings (SSSR count). The van der Waals surface area contributed by atoms with Crippen molar-refractivity contribution in [3.8, 4) is 5.69 Å². The van der Waals surface area contributed by atoms with Gasteiger partial charge >= 0.3 is 0 Å². The topological polar surface area (TPSA) is 84.3 Å². The molecule has 5 aromatic rings. The molecule has 4 aromatic carbocycles. The van der Waals surface area contributed by atoms with E-state index >= 15 is 0 Å². The van der Waals surface area contributed by atoms with E-state index in [0.29, 0.717) is 17.8 Å². The van der Waals surface area contributed by atoms with Crippen molar-refractivity contribution < 1.29 is 13.2 Å². The summed E-state index contributed by atoms with van der Waals surface area (Å²) in [5.74, 6) is 0.706. The number of nitrogens with zero attached hydrogens (tertiary/aromatic N) is 3. The molecule has 39 heavy (non-hydrogen) atoms. The van der Waals surface area contributed by atoms with Gasteiger partial charge < -0.3 is 9.88 Å². The number of benzene rings is 4. The summed E-state index contributed by atoms with van der Waals surface area (Å²) in [4.78, 5) is 17.3. The maximum Gasteiger partial charge on any atom is 0.264 e. The molecule has 0 fully saturated rings. The van der Waals surface area contributed by atoms with E-state index in [4.69, 9.17) is 0 Å². The van der Waals surface area contributed by atoms with Crippen LogP contribution in [0.4, 0.5) is 5.69 Å². The van der Waals surface area contributed by atoms with Gasteiger partial charge in [0.05, 0.1) is 17.1 Å². The van der Waals surface area contributed by atoms with E-state index in [-0.39, 0.29) is 17.3 Å². The molecule has 0 atom stereocenters. The van der Waals surface area contributed by atoms with Gasteiger partial charge in [-0.25, -0.2) is 13.4 Å². The zero-order valence-electron chi connectivity index (χ0n) is 21.4. The fourth-order valence-electron chi connectivity index (χ4n) is 4.27. The summed E-state index contributed by atoms with van der Waals surface area (Å²) in [5.41, 5.74) is 3.82. The molecular formula is C31H28N4O3S. The number of aryl methyl sites for hydroxylation is 1. The average molecular weight is 537 g/mol. The molecule has 0 aliphatic rings. The standard InChI is InChI=1S/C31H28N4O3S/c1-24-32-20-21-34(24)28-18-14-25(15-19-28)22-33-31(36)27-16-12-26(13-17-27)23-35(29-8-4-2-5-9-29)39(37,38)30-10-6-3-7-11-30/h2-21H,22-23H2,1H3,(H,33,36). The van der Waals surface area contributed by atoms with Crippen molar-refractivity contribution in [2.45, 2.75) is 24.9 Å². The van der Waals surface area contributed by atoms with Crippen LogP contribution in [0.2, 0.25) is 0 Å². The molecule has 0 saturated heterocycles. The second-order valence-corrected chi connectivity index (χ2v) is 10.9. The van der Waals surface area contributed by atoms with E-state index < -0.39 is 10.0 Å². The van der Waals surface area contributed by atoms with Crippen LogP contribution in [0.3, 0.4) is 0 Å². The molecule has 0 aliphatic carbocycles. The Labute approximate surface area is 228 Å². The molecule has 7 nitrogen and oxygen atoms in total. The number of rotatable bonds is 9. The maximum atomic E-state index is 13.5. The number of amides is 1. The molecule has 1 amide bonds. The first kappa shape index (κ1) is 25.9. The van der Waals surface area contributed by atoms with Crippen molar-refractivity contribution in [1.29, 1.82) is 0 Å². The second kappa shape index (κ2) is 11.4. The first-order valence-electron chi connectivity index (χ1n) is 12.5. The van der Waals surface area contributed by atoms with Crippen LogP contribution in [0, 0.1) is 6.92 Å². The quantitative estimate of drug-likeness (QED) is 0.269. The maximum absolute atomic E-state index is 13.5. The van der Waals surface area contributed by atoms with Gasteiger partial charge in [-0.1, -0.05) is 60.7 Å². The molecule has 1 aromatic heterocycles. The molecule has 0 bridgehead atoms. The van der Waals surface area contributed by atoms with Crippen molar-refractivity contribution in [3.05, 3.63) is 144 Å². The van der Waals surface area contributed by atoms with E-state index in [2.05, 4.69) is 10.3 Å². The highest BCUT2D eigenvalue weighted by Crippen LogP contribution is 2.26. The van der Waals surface area contributed by atoms with E-state index in [1.807, 2.05) is 60.2 Å². The Balaban J connectivity index is 1.26. The van der Waals surface area contributed by atoms with E-state index in [0.717, 1.165) is 22.6 Å². The molecule has 0 saturated carbocycles. The summed E-state index contributed by atoms with van der Waals surface area (Å²) < 4.78 is 30.4. The molecule has 1 heterocycles. The van der Waals surface area contributed by atoms with Gasteiger partial charge in [-0.2, -0.15) is 0 Å². The van der Waals surface area contributed by atoms with Crippen LogP contribution in [-0.4, -0.2) is 23.9 Å². The Hall–Kier alpha value is -4.69. The van der Waals surface area contributed by atoms with Gasteiger partial charge in [0, 0.05) is 30.2 Å². The number of aromatic nitrogens is 2. The van der Waals surface area contributed by atoms with Crippen LogP contribution in [0.15, 0.2) is 126 Å². The van der Waals surface area contributed by atoms with Gasteiger partial charge in [0.25, 0.3) is 15.9 Å². The van der Waals surface area contributed by atoms with Crippen LogP contribution in [0.25, 0.3) is 5.69 Å². The highest BCUT2D eigenvalue weighted by Gasteiger charge is 2.25. The predicted octanol–water partition coefficient (Wildman–Crippen LogP) is 5.51. The van der Waals surface area contributed by atoms with Gasteiger partial charge in [0.1, 0.15) is 5.82 Å². The fraction of sp³-hybridized carbons (Fsp3) is 0.0968. The summed E-state index contributed by atoms with van der Waals surface area (Å²) in [5, 5.41) is 2.95. The average Bonchev–Trinajstić information content (AvgIpc) is 3.41. The molecular weight excluding hydrogens is 508 g/mol. The van der Waals surface area contributed by atoms with Crippen LogP contribution < -0.4 is 9.62 Å². The van der Waals surface area contributed by atoms with Crippen molar-refractivity contribution in [2.24, 2.45) is 0 Å². The summed E-state index contributed by atoms with van der Waals surface area (Å²) in [7, 11) is -3.79. The lowest BCUT2D eigenvalue weighted by molar-refractivity contribution is 0.0951. The van der Waals surface area contributed by atoms with Gasteiger partial charge in [0.15, 0.2) is 0 Å². The molecule has 196 valence electrons. The number of hydrogen-bond acceptors (Lipinski definition) is 4. The van der Waals surface area contributed by atoms with Crippen LogP contribution in [-0.2, 0) is 23.1 Å². The fourth-order valence-corrected chi connectivity index (χ4v) is 5.74. The second-order valence-electron chi connectivity index (χ2n) is 9.05. The Morgan fingerprint density at radius 1 is 0.821 bits per heavy atom. The summed E-state index contributed by atoms with van der Waals surface area (Å²) in [6, 6.07) is 32.3. The summed E-state index contributed by atoms with van der Waals surface area (Å²) in [6.45, 7) is 2.47. The smallest absolute Gasteiger partial charge is 0.264 e. The van der Waals surface area contributed by atoms with Gasteiger partial charge in [-0.15, -0.1) is 0 Å². The SMILES string of the molecule is Cc1nccn1-c1ccc(CNC(=O)c2ccc(CN(c3ccccc3)S(=O)(=O)c3ccccc3)cc2)cc1. The third kappa shape index (κ3) is 5.91. The van der Waals surface area contributed by atoms with E-state index in [1.165, 1.54) is 4.31 Å². The minimum Gasteiger partial charge on any atom is -0.348 e. The number of para-hydroxylation sites is 1. The predicted molar refractivity (Wildman–Crippen MR) is 152 cm³/mol. The molecule has 1 N–H and O–H groups in total. The Bertz CT molecular complexity index is 1650. The lowest BCUT2D eigenvalue weighted by Gasteiger charge is -2.25. The van der Waals surface area contributed by atoms with Crippen molar-refractivity contribution >= 4 is 21.6 Å². The monoisotopic (exact) mass is 536 g/mol. The minimum absolute atomic E-state index is 0.131. The largest absolute Gasteiger partial charge is 0.348 e. The highest BCUT2D eigenvalue weighted by atomic mass is 32.2. The van der Waals surface area contributed by atoms with Gasteiger partial charge in [-0.3, -0.25) is 9.10 Å². The first-order valence-corrected chi connectivity index (χ1v) is 13.9.